The summed E-state index contributed by atoms with van der Waals surface area (Å²) in [7, 11) is 0. The highest BCUT2D eigenvalue weighted by atomic mass is 35.5. The molecule has 1 aromatic rings. The highest BCUT2D eigenvalue weighted by molar-refractivity contribution is 6.31. The van der Waals surface area contributed by atoms with E-state index < -0.39 is 0 Å². The quantitative estimate of drug-likeness (QED) is 0.830. The molecule has 0 aliphatic carbocycles. The van der Waals surface area contributed by atoms with Crippen molar-refractivity contribution in [1.29, 1.82) is 0 Å². The highest BCUT2D eigenvalue weighted by Crippen LogP contribution is 2.16. The minimum atomic E-state index is 0.0731. The predicted octanol–water partition coefficient (Wildman–Crippen LogP) is 2.08. The summed E-state index contributed by atoms with van der Waals surface area (Å²) >= 11 is 5.98. The number of nitrogens with one attached hydrogen (secondary N) is 1. The maximum Gasteiger partial charge on any atom is 0.254 e. The van der Waals surface area contributed by atoms with Crippen molar-refractivity contribution in [3.8, 4) is 0 Å². The largest absolute Gasteiger partial charge is 0.336 e. The van der Waals surface area contributed by atoms with Gasteiger partial charge in [0.1, 0.15) is 0 Å². The van der Waals surface area contributed by atoms with Gasteiger partial charge in [0.05, 0.1) is 0 Å². The number of nitrogens with zero attached hydrogens (tertiary/aromatic N) is 1. The Morgan fingerprint density at radius 1 is 1.47 bits per heavy atom. The lowest BCUT2D eigenvalue weighted by atomic mass is 10.1. The van der Waals surface area contributed by atoms with Crippen LogP contribution in [0.25, 0.3) is 0 Å². The van der Waals surface area contributed by atoms with Crippen molar-refractivity contribution >= 4 is 17.5 Å². The van der Waals surface area contributed by atoms with E-state index in [1.165, 1.54) is 0 Å². The molecule has 1 saturated heterocycles. The molecule has 4 heteroatoms. The van der Waals surface area contributed by atoms with Crippen LogP contribution in [0.15, 0.2) is 18.2 Å². The monoisotopic (exact) mass is 252 g/mol. The summed E-state index contributed by atoms with van der Waals surface area (Å²) in [6.45, 7) is 6.40. The predicted molar refractivity (Wildman–Crippen MR) is 69.6 cm³/mol. The summed E-state index contributed by atoms with van der Waals surface area (Å²) in [5.74, 6) is 0.0731. The second-order valence-corrected chi connectivity index (χ2v) is 5.06. The Bertz CT molecular complexity index is 413. The zero-order valence-corrected chi connectivity index (χ0v) is 10.9. The maximum absolute atomic E-state index is 12.3. The van der Waals surface area contributed by atoms with Gasteiger partial charge in [-0.15, -0.1) is 0 Å². The number of aryl methyl sites for hydroxylation is 1. The Kier molecular flexibility index (Phi) is 3.69. The van der Waals surface area contributed by atoms with E-state index >= 15 is 0 Å². The van der Waals surface area contributed by atoms with Gasteiger partial charge in [-0.25, -0.2) is 0 Å². The molecule has 0 spiro atoms. The van der Waals surface area contributed by atoms with E-state index in [1.807, 2.05) is 24.0 Å². The van der Waals surface area contributed by atoms with E-state index in [1.54, 1.807) is 6.07 Å². The fourth-order valence-corrected chi connectivity index (χ4v) is 2.45. The van der Waals surface area contributed by atoms with Crippen LogP contribution in [0.1, 0.15) is 22.8 Å². The lowest BCUT2D eigenvalue weighted by Gasteiger charge is -2.32. The number of carbonyl (C=O) groups is 1. The first kappa shape index (κ1) is 12.4. The number of piperazine rings is 1. The molecule has 0 aromatic heterocycles. The number of rotatable bonds is 1. The van der Waals surface area contributed by atoms with E-state index in [2.05, 4.69) is 12.2 Å². The Morgan fingerprint density at radius 2 is 2.24 bits per heavy atom. The van der Waals surface area contributed by atoms with Gasteiger partial charge < -0.3 is 10.2 Å². The van der Waals surface area contributed by atoms with Crippen LogP contribution in [-0.2, 0) is 0 Å². The fourth-order valence-electron chi connectivity index (χ4n) is 2.16. The van der Waals surface area contributed by atoms with Crippen LogP contribution in [0.3, 0.4) is 0 Å². The molecule has 92 valence electrons. The number of halogens is 1. The zero-order valence-electron chi connectivity index (χ0n) is 10.2. The summed E-state index contributed by atoms with van der Waals surface area (Å²) in [6, 6.07) is 5.84. The molecule has 1 aliphatic rings. The van der Waals surface area contributed by atoms with E-state index in [4.69, 9.17) is 11.6 Å². The number of hydrogen-bond acceptors (Lipinski definition) is 2. The molecule has 17 heavy (non-hydrogen) atoms. The van der Waals surface area contributed by atoms with Gasteiger partial charge in [-0.3, -0.25) is 4.79 Å². The van der Waals surface area contributed by atoms with Crippen molar-refractivity contribution in [3.63, 3.8) is 0 Å². The first-order valence-corrected chi connectivity index (χ1v) is 6.24. The second kappa shape index (κ2) is 5.07. The van der Waals surface area contributed by atoms with Crippen LogP contribution < -0.4 is 5.32 Å². The molecule has 1 aliphatic heterocycles. The summed E-state index contributed by atoms with van der Waals surface area (Å²) < 4.78 is 0. The number of hydrogen-bond donors (Lipinski definition) is 1. The first-order valence-electron chi connectivity index (χ1n) is 5.86. The minimum absolute atomic E-state index is 0.0731. The van der Waals surface area contributed by atoms with Gasteiger partial charge in [-0.2, -0.15) is 0 Å². The van der Waals surface area contributed by atoms with Crippen LogP contribution in [0, 0.1) is 6.92 Å². The van der Waals surface area contributed by atoms with Gasteiger partial charge in [0, 0.05) is 36.3 Å². The van der Waals surface area contributed by atoms with E-state index in [-0.39, 0.29) is 5.91 Å². The third kappa shape index (κ3) is 2.99. The lowest BCUT2D eigenvalue weighted by Crippen LogP contribution is -2.51. The molecule has 0 bridgehead atoms. The van der Waals surface area contributed by atoms with Crippen LogP contribution in [0.2, 0.25) is 5.02 Å². The molecule has 1 aromatic carbocycles. The molecule has 0 radical (unpaired) electrons. The number of carbonyl (C=O) groups excluding carboxylic acids is 1. The average Bonchev–Trinajstić information content (AvgIpc) is 2.26. The molecule has 1 N–H and O–H groups in total. The molecule has 1 amide bonds. The molecule has 1 fully saturated rings. The minimum Gasteiger partial charge on any atom is -0.336 e. The summed E-state index contributed by atoms with van der Waals surface area (Å²) in [5.41, 5.74) is 1.70. The Hall–Kier alpha value is -1.06. The number of amides is 1. The average molecular weight is 253 g/mol. The molecule has 1 atom stereocenters. The third-order valence-electron chi connectivity index (χ3n) is 2.95. The van der Waals surface area contributed by atoms with E-state index in [0.717, 1.165) is 25.2 Å². The zero-order chi connectivity index (χ0) is 12.4. The van der Waals surface area contributed by atoms with Gasteiger partial charge in [0.25, 0.3) is 5.91 Å². The Morgan fingerprint density at radius 3 is 2.88 bits per heavy atom. The van der Waals surface area contributed by atoms with Crippen molar-refractivity contribution in [2.75, 3.05) is 19.6 Å². The molecular weight excluding hydrogens is 236 g/mol. The summed E-state index contributed by atoms with van der Waals surface area (Å²) in [6.07, 6.45) is 0. The second-order valence-electron chi connectivity index (χ2n) is 4.62. The van der Waals surface area contributed by atoms with Crippen LogP contribution in [0.4, 0.5) is 0 Å². The molecule has 2 rings (SSSR count). The maximum atomic E-state index is 12.3. The molecule has 0 saturated carbocycles. The van der Waals surface area contributed by atoms with Crippen molar-refractivity contribution in [1.82, 2.24) is 10.2 Å². The van der Waals surface area contributed by atoms with Crippen molar-refractivity contribution in [2.24, 2.45) is 0 Å². The normalized spacial score (nSPS) is 20.4. The number of benzene rings is 1. The summed E-state index contributed by atoms with van der Waals surface area (Å²) in [4.78, 5) is 14.2. The smallest absolute Gasteiger partial charge is 0.254 e. The highest BCUT2D eigenvalue weighted by Gasteiger charge is 2.21. The molecule has 1 unspecified atom stereocenters. The topological polar surface area (TPSA) is 32.3 Å². The molecule has 3 nitrogen and oxygen atoms in total. The van der Waals surface area contributed by atoms with E-state index in [0.29, 0.717) is 16.6 Å². The van der Waals surface area contributed by atoms with Crippen molar-refractivity contribution in [2.45, 2.75) is 19.9 Å². The van der Waals surface area contributed by atoms with Gasteiger partial charge >= 0.3 is 0 Å². The lowest BCUT2D eigenvalue weighted by molar-refractivity contribution is 0.0709. The van der Waals surface area contributed by atoms with Crippen molar-refractivity contribution < 1.29 is 4.79 Å². The van der Waals surface area contributed by atoms with Crippen LogP contribution in [-0.4, -0.2) is 36.5 Å². The Balaban J connectivity index is 2.18. The van der Waals surface area contributed by atoms with Gasteiger partial charge in [-0.1, -0.05) is 11.6 Å². The fraction of sp³-hybridized carbons (Fsp3) is 0.462. The van der Waals surface area contributed by atoms with Crippen LogP contribution in [0.5, 0.6) is 0 Å². The standard InChI is InChI=1S/C13H17ClN2O/c1-9-5-11(7-12(14)6-9)13(17)16-4-3-15-10(2)8-16/h5-7,10,15H,3-4,8H2,1-2H3. The Labute approximate surface area is 107 Å². The summed E-state index contributed by atoms with van der Waals surface area (Å²) in [5, 5.41) is 3.94. The van der Waals surface area contributed by atoms with Crippen LogP contribution >= 0.6 is 11.6 Å². The van der Waals surface area contributed by atoms with Gasteiger partial charge in [0.2, 0.25) is 0 Å². The third-order valence-corrected chi connectivity index (χ3v) is 3.16. The van der Waals surface area contributed by atoms with Crippen molar-refractivity contribution in [3.05, 3.63) is 34.3 Å². The van der Waals surface area contributed by atoms with E-state index in [9.17, 15) is 4.79 Å². The van der Waals surface area contributed by atoms with Gasteiger partial charge in [-0.05, 0) is 37.6 Å². The molecular formula is C13H17ClN2O. The molecule has 1 heterocycles. The van der Waals surface area contributed by atoms with Gasteiger partial charge in [0.15, 0.2) is 0 Å². The SMILES string of the molecule is Cc1cc(Cl)cc(C(=O)N2CCNC(C)C2)c1. The first-order chi connectivity index (χ1) is 8.06.